The van der Waals surface area contributed by atoms with Crippen molar-refractivity contribution < 1.29 is 52.6 Å². The maximum Gasteiger partial charge on any atom is 0.472 e. The van der Waals surface area contributed by atoms with Crippen LogP contribution >= 0.6 is 7.82 Å². The first kappa shape index (κ1) is 55.7. The van der Waals surface area contributed by atoms with Crippen LogP contribution in [0.4, 0.5) is 0 Å². The van der Waals surface area contributed by atoms with Crippen LogP contribution in [-0.2, 0) is 27.9 Å². The van der Waals surface area contributed by atoms with Crippen LogP contribution in [0.3, 0.4) is 0 Å². The molecule has 0 saturated carbocycles. The molecule has 336 valence electrons. The highest BCUT2D eigenvalue weighted by molar-refractivity contribution is 7.47. The van der Waals surface area contributed by atoms with Crippen LogP contribution in [-0.4, -0.2) is 103 Å². The first-order valence-corrected chi connectivity index (χ1v) is 23.5. The summed E-state index contributed by atoms with van der Waals surface area (Å²) in [6, 6.07) is 0. The van der Waals surface area contributed by atoms with Crippen molar-refractivity contribution in [3.05, 3.63) is 73.1 Å². The van der Waals surface area contributed by atoms with E-state index < -0.39 is 44.8 Å². The van der Waals surface area contributed by atoms with E-state index in [4.69, 9.17) is 18.5 Å². The van der Waals surface area contributed by atoms with E-state index in [0.717, 1.165) is 51.4 Å². The van der Waals surface area contributed by atoms with Gasteiger partial charge in [-0.2, -0.15) is 0 Å². The van der Waals surface area contributed by atoms with Gasteiger partial charge in [-0.3, -0.25) is 13.8 Å². The van der Waals surface area contributed by atoms with Gasteiger partial charge in [-0.1, -0.05) is 139 Å². The Bertz CT molecular complexity index is 1210. The lowest BCUT2D eigenvalue weighted by atomic mass is 10.1. The molecule has 0 saturated heterocycles. The minimum Gasteiger partial charge on any atom is -0.498 e. The molecular formula is C46H83NO10P+. The van der Waals surface area contributed by atoms with Gasteiger partial charge in [0.25, 0.3) is 0 Å². The number of nitrogens with zero attached hydrogens (tertiary/aromatic N) is 1. The van der Waals surface area contributed by atoms with E-state index in [-0.39, 0.29) is 32.5 Å². The molecule has 0 aromatic carbocycles. The summed E-state index contributed by atoms with van der Waals surface area (Å²) in [6.07, 6.45) is 38.2. The maximum absolute atomic E-state index is 12.7. The van der Waals surface area contributed by atoms with Gasteiger partial charge in [-0.05, 0) is 63.9 Å². The van der Waals surface area contributed by atoms with Crippen molar-refractivity contribution in [2.24, 2.45) is 0 Å². The number of carbonyl (C=O) groups is 1. The summed E-state index contributed by atoms with van der Waals surface area (Å²) in [4.78, 5) is 22.9. The molecular weight excluding hydrogens is 757 g/mol. The molecule has 0 heterocycles. The number of hydrogen-bond donors (Lipinski definition) is 4. The van der Waals surface area contributed by atoms with E-state index in [2.05, 4.69) is 26.0 Å². The lowest BCUT2D eigenvalue weighted by molar-refractivity contribution is -0.870. The number of quaternary nitrogens is 1. The molecule has 0 amide bonds. The van der Waals surface area contributed by atoms with Gasteiger partial charge >= 0.3 is 13.8 Å². The first-order valence-electron chi connectivity index (χ1n) is 22.1. The quantitative estimate of drug-likeness (QED) is 0.00895. The molecule has 11 nitrogen and oxygen atoms in total. The predicted molar refractivity (Wildman–Crippen MR) is 237 cm³/mol. The zero-order chi connectivity index (χ0) is 43.2. The third-order valence-electron chi connectivity index (χ3n) is 9.17. The van der Waals surface area contributed by atoms with Crippen LogP contribution in [0, 0.1) is 0 Å². The molecule has 12 heteroatoms. The standard InChI is InChI=1S/C46H82NO10P/c1-6-8-10-11-12-13-14-15-16-17-18-19-20-23-26-30-38-54-40-43(41-56-58(52,53)55-39-37-47(3,4)5)57-46(51)36-31-35-45(50)44(49)34-29-25-22-21-24-28-33-42(48)32-27-9-7-2/h15-16,21-22,24-25,28-30,33-34,38,42-45,48-50H,6-14,17-20,23,26-27,31-32,35-37,39-41H2,1-5H3/p+1/b16-15-,24-21-,25-22+,33-28+,34-29+,38-30+/t42-,43+,44-,45-/m0/s1. The number of phosphoric acid groups is 1. The number of unbranched alkanes of at least 4 members (excludes halogenated alkanes) is 13. The molecule has 0 radical (unpaired) electrons. The van der Waals surface area contributed by atoms with Crippen molar-refractivity contribution in [3.63, 3.8) is 0 Å². The lowest BCUT2D eigenvalue weighted by Crippen LogP contribution is -2.37. The number of phosphoric ester groups is 1. The zero-order valence-corrected chi connectivity index (χ0v) is 37.7. The Kier molecular flexibility index (Phi) is 36.1. The van der Waals surface area contributed by atoms with Gasteiger partial charge in [0.15, 0.2) is 6.10 Å². The fraction of sp³-hybridized carbons (Fsp3) is 0.717. The number of esters is 1. The maximum atomic E-state index is 12.7. The highest BCUT2D eigenvalue weighted by atomic mass is 31.2. The van der Waals surface area contributed by atoms with Gasteiger partial charge in [-0.25, -0.2) is 4.57 Å². The molecule has 0 rings (SSSR count). The summed E-state index contributed by atoms with van der Waals surface area (Å²) < 4.78 is 34.4. The van der Waals surface area contributed by atoms with Crippen molar-refractivity contribution in [3.8, 4) is 0 Å². The molecule has 4 N–H and O–H groups in total. The Hall–Kier alpha value is -2.34. The van der Waals surface area contributed by atoms with Crippen LogP contribution in [0.1, 0.15) is 142 Å². The summed E-state index contributed by atoms with van der Waals surface area (Å²) in [6.45, 7) is 4.39. The van der Waals surface area contributed by atoms with Crippen molar-refractivity contribution in [2.75, 3.05) is 47.5 Å². The number of ether oxygens (including phenoxy) is 2. The molecule has 0 fully saturated rings. The minimum absolute atomic E-state index is 0.0102. The normalized spacial score (nSPS) is 16.0. The number of hydrogen-bond acceptors (Lipinski definition) is 9. The number of carbonyl (C=O) groups excluding carboxylic acids is 1. The molecule has 1 unspecified atom stereocenters. The Morgan fingerprint density at radius 2 is 1.21 bits per heavy atom. The van der Waals surface area contributed by atoms with Gasteiger partial charge in [-0.15, -0.1) is 0 Å². The first-order chi connectivity index (χ1) is 27.8. The third-order valence-corrected chi connectivity index (χ3v) is 10.2. The zero-order valence-electron chi connectivity index (χ0n) is 36.8. The van der Waals surface area contributed by atoms with Gasteiger partial charge in [0, 0.05) is 6.42 Å². The van der Waals surface area contributed by atoms with Gasteiger partial charge in [0.2, 0.25) is 0 Å². The van der Waals surface area contributed by atoms with Gasteiger partial charge < -0.3 is 34.2 Å². The predicted octanol–water partition coefficient (Wildman–Crippen LogP) is 9.97. The number of aliphatic hydroxyl groups is 3. The molecule has 0 aliphatic heterocycles. The molecule has 0 bridgehead atoms. The topological polar surface area (TPSA) is 152 Å². The highest BCUT2D eigenvalue weighted by Gasteiger charge is 2.26. The Morgan fingerprint density at radius 1 is 0.655 bits per heavy atom. The minimum atomic E-state index is -4.39. The number of likely N-dealkylation sites (N-methyl/N-ethyl adjacent to an activating group) is 1. The third kappa shape index (κ3) is 39.1. The van der Waals surface area contributed by atoms with Crippen LogP contribution in [0.2, 0.25) is 0 Å². The van der Waals surface area contributed by atoms with E-state index in [9.17, 15) is 29.6 Å². The summed E-state index contributed by atoms with van der Waals surface area (Å²) >= 11 is 0. The lowest BCUT2D eigenvalue weighted by Gasteiger charge is -2.24. The Balaban J connectivity index is 4.67. The number of aliphatic hydroxyl groups excluding tert-OH is 3. The van der Waals surface area contributed by atoms with Gasteiger partial charge in [0.1, 0.15) is 19.8 Å². The largest absolute Gasteiger partial charge is 0.498 e. The Labute approximate surface area is 352 Å². The fourth-order valence-electron chi connectivity index (χ4n) is 5.54. The highest BCUT2D eigenvalue weighted by Crippen LogP contribution is 2.43. The molecule has 0 aliphatic carbocycles. The fourth-order valence-corrected chi connectivity index (χ4v) is 6.28. The summed E-state index contributed by atoms with van der Waals surface area (Å²) in [5.74, 6) is -0.591. The van der Waals surface area contributed by atoms with E-state index in [0.29, 0.717) is 11.0 Å². The smallest absolute Gasteiger partial charge is 0.472 e. The molecule has 0 aliphatic rings. The molecule has 5 atom stereocenters. The van der Waals surface area contributed by atoms with E-state index >= 15 is 0 Å². The molecule has 0 aromatic heterocycles. The monoisotopic (exact) mass is 841 g/mol. The van der Waals surface area contributed by atoms with Crippen molar-refractivity contribution in [1.82, 2.24) is 0 Å². The second-order valence-corrected chi connectivity index (χ2v) is 17.5. The summed E-state index contributed by atoms with van der Waals surface area (Å²) in [7, 11) is 1.40. The molecule has 0 aromatic rings. The van der Waals surface area contributed by atoms with E-state index in [1.807, 2.05) is 33.3 Å². The second-order valence-electron chi connectivity index (χ2n) is 16.0. The van der Waals surface area contributed by atoms with Crippen molar-refractivity contribution in [2.45, 2.75) is 167 Å². The molecule has 58 heavy (non-hydrogen) atoms. The average molecular weight is 841 g/mol. The van der Waals surface area contributed by atoms with Crippen LogP contribution in [0.15, 0.2) is 73.1 Å². The molecule has 0 spiro atoms. The van der Waals surface area contributed by atoms with Crippen LogP contribution in [0.5, 0.6) is 0 Å². The number of rotatable bonds is 39. The summed E-state index contributed by atoms with van der Waals surface area (Å²) in [5, 5.41) is 30.6. The van der Waals surface area contributed by atoms with Crippen LogP contribution < -0.4 is 0 Å². The number of allylic oxidation sites excluding steroid dienone is 9. The average Bonchev–Trinajstić information content (AvgIpc) is 3.16. The van der Waals surface area contributed by atoms with E-state index in [1.54, 1.807) is 42.7 Å². The van der Waals surface area contributed by atoms with E-state index in [1.165, 1.54) is 63.9 Å². The van der Waals surface area contributed by atoms with Crippen molar-refractivity contribution >= 4 is 13.8 Å². The van der Waals surface area contributed by atoms with Crippen LogP contribution in [0.25, 0.3) is 0 Å². The second kappa shape index (κ2) is 37.6. The van der Waals surface area contributed by atoms with Gasteiger partial charge in [0.05, 0.1) is 52.3 Å². The Morgan fingerprint density at radius 3 is 1.83 bits per heavy atom. The van der Waals surface area contributed by atoms with Crippen molar-refractivity contribution in [1.29, 1.82) is 0 Å². The SMILES string of the molecule is CCCCCCCC/C=C\CCCCCC/C=C/OC[C@H](COP(=O)(O)OCC[N+](C)(C)C)OC(=O)CCC[C@H](O)[C@@H](O)/C=C/C=C/C=C\C=C\[C@@H](O)CCCCC. The summed E-state index contributed by atoms with van der Waals surface area (Å²) in [5.41, 5.74) is 0.